The summed E-state index contributed by atoms with van der Waals surface area (Å²) >= 11 is 0. The molecule has 1 unspecified atom stereocenters. The number of anilines is 1. The summed E-state index contributed by atoms with van der Waals surface area (Å²) in [5.74, 6) is -0.526. The molecule has 3 rings (SSSR count). The summed E-state index contributed by atoms with van der Waals surface area (Å²) in [5.41, 5.74) is 9.58. The smallest absolute Gasteiger partial charge is 0.319 e. The molecule has 1 aliphatic rings. The van der Waals surface area contributed by atoms with Crippen molar-refractivity contribution in [2.24, 2.45) is 5.73 Å². The van der Waals surface area contributed by atoms with Crippen LogP contribution >= 0.6 is 0 Å². The van der Waals surface area contributed by atoms with Crippen molar-refractivity contribution in [1.82, 2.24) is 16.0 Å². The van der Waals surface area contributed by atoms with Crippen LogP contribution in [0.5, 0.6) is 0 Å². The van der Waals surface area contributed by atoms with Crippen LogP contribution in [0, 0.1) is 11.2 Å². The van der Waals surface area contributed by atoms with E-state index in [1.54, 1.807) is 12.3 Å². The first-order valence-corrected chi connectivity index (χ1v) is 10.0. The van der Waals surface area contributed by atoms with Gasteiger partial charge in [-0.1, -0.05) is 24.3 Å². The van der Waals surface area contributed by atoms with E-state index in [9.17, 15) is 9.18 Å². The standard InChI is InChI=1S/C23H27FN6O/c1-14(2)27-12-15(10-25)17-8-7-16(9-20(17)24)29-23(31)28-13-22-19-6-4-3-5-18(19)21(11-26)30-22/h3-12,14,22,25,27,30H,13,26H2,1-2H3,(H2,28,29,31)/b15-12+,21-11-,25-10?. The molecule has 7 nitrogen and oxygen atoms in total. The van der Waals surface area contributed by atoms with Crippen LogP contribution in [0.1, 0.15) is 36.6 Å². The highest BCUT2D eigenvalue weighted by Gasteiger charge is 2.25. The van der Waals surface area contributed by atoms with Gasteiger partial charge in [0.2, 0.25) is 0 Å². The maximum absolute atomic E-state index is 14.6. The number of urea groups is 1. The molecule has 2 amide bonds. The molecule has 0 bridgehead atoms. The van der Waals surface area contributed by atoms with Gasteiger partial charge in [0.05, 0.1) is 11.7 Å². The molecule has 0 saturated carbocycles. The van der Waals surface area contributed by atoms with E-state index < -0.39 is 11.8 Å². The highest BCUT2D eigenvalue weighted by molar-refractivity contribution is 6.08. The van der Waals surface area contributed by atoms with Crippen LogP contribution in [-0.2, 0) is 0 Å². The van der Waals surface area contributed by atoms with Gasteiger partial charge in [0, 0.05) is 53.6 Å². The van der Waals surface area contributed by atoms with Crippen molar-refractivity contribution in [2.45, 2.75) is 25.9 Å². The molecule has 2 aromatic carbocycles. The lowest BCUT2D eigenvalue weighted by atomic mass is 10.0. The lowest BCUT2D eigenvalue weighted by Crippen LogP contribution is -2.35. The Morgan fingerprint density at radius 2 is 2.06 bits per heavy atom. The molecule has 2 aromatic rings. The molecule has 0 saturated heterocycles. The molecule has 7 N–H and O–H groups in total. The number of hydrogen-bond acceptors (Lipinski definition) is 5. The van der Waals surface area contributed by atoms with E-state index in [-0.39, 0.29) is 17.6 Å². The number of carbonyl (C=O) groups is 1. The number of nitrogens with two attached hydrogens (primary N) is 1. The van der Waals surface area contributed by atoms with Crippen LogP contribution in [0.3, 0.4) is 0 Å². The zero-order valence-electron chi connectivity index (χ0n) is 17.5. The maximum atomic E-state index is 14.6. The summed E-state index contributed by atoms with van der Waals surface area (Å²) < 4.78 is 14.6. The fraction of sp³-hybridized carbons (Fsp3) is 0.217. The molecule has 0 radical (unpaired) electrons. The van der Waals surface area contributed by atoms with E-state index in [2.05, 4.69) is 21.3 Å². The van der Waals surface area contributed by atoms with E-state index >= 15 is 0 Å². The lowest BCUT2D eigenvalue weighted by Gasteiger charge is -2.15. The third-order valence-corrected chi connectivity index (χ3v) is 4.86. The molecule has 0 spiro atoms. The normalized spacial score (nSPS) is 16.6. The van der Waals surface area contributed by atoms with E-state index in [0.29, 0.717) is 17.8 Å². The van der Waals surface area contributed by atoms with Crippen molar-refractivity contribution in [3.63, 3.8) is 0 Å². The molecular formula is C23H27FN6O. The number of carbonyl (C=O) groups excluding carboxylic acids is 1. The average molecular weight is 423 g/mol. The quantitative estimate of drug-likeness (QED) is 0.383. The van der Waals surface area contributed by atoms with E-state index in [1.165, 1.54) is 18.3 Å². The number of allylic oxidation sites excluding steroid dienone is 1. The van der Waals surface area contributed by atoms with Crippen molar-refractivity contribution in [1.29, 1.82) is 5.41 Å². The van der Waals surface area contributed by atoms with Gasteiger partial charge in [-0.05, 0) is 37.6 Å². The summed E-state index contributed by atoms with van der Waals surface area (Å²) in [6, 6.07) is 11.8. The SMILES string of the molecule is CC(C)N/C=C(\C=N)c1ccc(NC(=O)NCC2N/C(=C\N)c3ccccc32)cc1F. The first-order chi connectivity index (χ1) is 14.9. The van der Waals surface area contributed by atoms with Crippen molar-refractivity contribution < 1.29 is 9.18 Å². The van der Waals surface area contributed by atoms with Crippen LogP contribution in [0.15, 0.2) is 54.9 Å². The van der Waals surface area contributed by atoms with E-state index in [1.807, 2.05) is 38.1 Å². The highest BCUT2D eigenvalue weighted by Crippen LogP contribution is 2.31. The molecular weight excluding hydrogens is 395 g/mol. The van der Waals surface area contributed by atoms with Crippen LogP contribution in [0.25, 0.3) is 11.3 Å². The van der Waals surface area contributed by atoms with Gasteiger partial charge in [-0.2, -0.15) is 0 Å². The van der Waals surface area contributed by atoms with Gasteiger partial charge in [0.25, 0.3) is 0 Å². The Labute approximate surface area is 181 Å². The highest BCUT2D eigenvalue weighted by atomic mass is 19.1. The zero-order valence-corrected chi connectivity index (χ0v) is 17.5. The molecule has 8 heteroatoms. The fourth-order valence-corrected chi connectivity index (χ4v) is 3.34. The van der Waals surface area contributed by atoms with Gasteiger partial charge in [-0.3, -0.25) is 0 Å². The monoisotopic (exact) mass is 422 g/mol. The van der Waals surface area contributed by atoms with E-state index in [4.69, 9.17) is 11.1 Å². The molecule has 0 fully saturated rings. The molecule has 1 atom stereocenters. The topological polar surface area (TPSA) is 115 Å². The Hall–Kier alpha value is -3.81. The Kier molecular flexibility index (Phi) is 6.92. The molecule has 1 aliphatic heterocycles. The largest absolute Gasteiger partial charge is 0.403 e. The predicted octanol–water partition coefficient (Wildman–Crippen LogP) is 3.54. The Morgan fingerprint density at radius 1 is 1.29 bits per heavy atom. The minimum Gasteiger partial charge on any atom is -0.403 e. The number of rotatable bonds is 7. The van der Waals surface area contributed by atoms with Gasteiger partial charge in [-0.25, -0.2) is 9.18 Å². The van der Waals surface area contributed by atoms with Gasteiger partial charge in [0.15, 0.2) is 0 Å². The number of benzene rings is 2. The van der Waals surface area contributed by atoms with Crippen molar-refractivity contribution in [2.75, 3.05) is 11.9 Å². The third kappa shape index (κ3) is 5.22. The Bertz CT molecular complexity index is 1030. The summed E-state index contributed by atoms with van der Waals surface area (Å²) in [6.45, 7) is 4.24. The number of fused-ring (bicyclic) bond motifs is 1. The second kappa shape index (κ2) is 9.80. The summed E-state index contributed by atoms with van der Waals surface area (Å²) in [7, 11) is 0. The van der Waals surface area contributed by atoms with Gasteiger partial charge in [0.1, 0.15) is 5.82 Å². The van der Waals surface area contributed by atoms with Crippen LogP contribution < -0.4 is 27.0 Å². The molecule has 31 heavy (non-hydrogen) atoms. The minimum atomic E-state index is -0.526. The molecule has 1 heterocycles. The van der Waals surface area contributed by atoms with Crippen molar-refractivity contribution in [3.05, 3.63) is 77.4 Å². The molecule has 162 valence electrons. The summed E-state index contributed by atoms with van der Waals surface area (Å²) in [5, 5.41) is 19.3. The maximum Gasteiger partial charge on any atom is 0.319 e. The minimum absolute atomic E-state index is 0.107. The van der Waals surface area contributed by atoms with Crippen molar-refractivity contribution in [3.8, 4) is 0 Å². The Balaban J connectivity index is 1.62. The number of amides is 2. The van der Waals surface area contributed by atoms with E-state index in [0.717, 1.165) is 23.0 Å². The Morgan fingerprint density at radius 3 is 2.74 bits per heavy atom. The fourth-order valence-electron chi connectivity index (χ4n) is 3.34. The predicted molar refractivity (Wildman–Crippen MR) is 123 cm³/mol. The first kappa shape index (κ1) is 21.9. The van der Waals surface area contributed by atoms with Gasteiger partial charge >= 0.3 is 6.03 Å². The summed E-state index contributed by atoms with van der Waals surface area (Å²) in [6.07, 6.45) is 4.20. The van der Waals surface area contributed by atoms with Crippen LogP contribution in [0.2, 0.25) is 0 Å². The van der Waals surface area contributed by atoms with Crippen molar-refractivity contribution >= 4 is 29.2 Å². The van der Waals surface area contributed by atoms with Gasteiger partial charge in [-0.15, -0.1) is 0 Å². The molecule has 0 aliphatic carbocycles. The first-order valence-electron chi connectivity index (χ1n) is 10.0. The molecule has 0 aromatic heterocycles. The lowest BCUT2D eigenvalue weighted by molar-refractivity contribution is 0.251. The third-order valence-electron chi connectivity index (χ3n) is 4.86. The van der Waals surface area contributed by atoms with Crippen LogP contribution in [-0.4, -0.2) is 24.8 Å². The number of halogens is 1. The summed E-state index contributed by atoms with van der Waals surface area (Å²) in [4.78, 5) is 12.3. The average Bonchev–Trinajstić information content (AvgIpc) is 3.11. The van der Waals surface area contributed by atoms with Gasteiger partial charge < -0.3 is 32.4 Å². The van der Waals surface area contributed by atoms with Crippen LogP contribution in [0.4, 0.5) is 14.9 Å². The second-order valence-corrected chi connectivity index (χ2v) is 7.46. The second-order valence-electron chi connectivity index (χ2n) is 7.46. The zero-order chi connectivity index (χ0) is 22.4. The number of nitrogens with one attached hydrogen (secondary N) is 5. The number of hydrogen-bond donors (Lipinski definition) is 6.